The van der Waals surface area contributed by atoms with Gasteiger partial charge in [0.25, 0.3) is 0 Å². The van der Waals surface area contributed by atoms with Crippen molar-refractivity contribution in [1.82, 2.24) is 10.3 Å². The zero-order valence-corrected chi connectivity index (χ0v) is 11.6. The molecule has 0 spiro atoms. The van der Waals surface area contributed by atoms with Crippen molar-refractivity contribution < 1.29 is 13.9 Å². The Hall–Kier alpha value is -2.01. The van der Waals surface area contributed by atoms with Gasteiger partial charge in [0.15, 0.2) is 17.3 Å². The molecule has 5 heteroatoms. The molecule has 1 unspecified atom stereocenters. The van der Waals surface area contributed by atoms with Gasteiger partial charge in [-0.1, -0.05) is 6.07 Å². The lowest BCUT2D eigenvalue weighted by molar-refractivity contribution is 0.354. The lowest BCUT2D eigenvalue weighted by atomic mass is 10.1. The number of hydrogen-bond donors (Lipinski definition) is 1. The van der Waals surface area contributed by atoms with E-state index in [9.17, 15) is 0 Å². The molecule has 0 aliphatic heterocycles. The lowest BCUT2D eigenvalue weighted by Gasteiger charge is -2.10. The number of aromatic nitrogens is 1. The molecule has 1 atom stereocenters. The number of hydrogen-bond acceptors (Lipinski definition) is 5. The van der Waals surface area contributed by atoms with Crippen LogP contribution in [0.3, 0.4) is 0 Å². The van der Waals surface area contributed by atoms with Crippen molar-refractivity contribution in [2.24, 2.45) is 0 Å². The van der Waals surface area contributed by atoms with E-state index in [1.54, 1.807) is 20.4 Å². The van der Waals surface area contributed by atoms with Gasteiger partial charge in [-0.2, -0.15) is 0 Å². The van der Waals surface area contributed by atoms with Crippen LogP contribution in [0.5, 0.6) is 11.5 Å². The van der Waals surface area contributed by atoms with Gasteiger partial charge in [-0.25, -0.2) is 4.98 Å². The van der Waals surface area contributed by atoms with Gasteiger partial charge in [0.05, 0.1) is 32.0 Å². The van der Waals surface area contributed by atoms with Crippen molar-refractivity contribution in [2.75, 3.05) is 21.3 Å². The predicted molar refractivity (Wildman–Crippen MR) is 72.5 cm³/mol. The average Bonchev–Trinajstić information content (AvgIpc) is 2.95. The van der Waals surface area contributed by atoms with Crippen molar-refractivity contribution in [3.05, 3.63) is 30.3 Å². The van der Waals surface area contributed by atoms with Gasteiger partial charge in [0.2, 0.25) is 5.89 Å². The summed E-state index contributed by atoms with van der Waals surface area (Å²) in [7, 11) is 5.08. The smallest absolute Gasteiger partial charge is 0.211 e. The number of nitrogens with zero attached hydrogens (tertiary/aromatic N) is 1. The zero-order chi connectivity index (χ0) is 13.8. The van der Waals surface area contributed by atoms with Gasteiger partial charge < -0.3 is 19.2 Å². The molecule has 0 fully saturated rings. The van der Waals surface area contributed by atoms with Crippen LogP contribution in [-0.4, -0.2) is 26.3 Å². The standard InChI is InChI=1S/C14H18N2O3/c1-9(15-2)14-16-8-12(19-14)10-6-5-7-11(17-3)13(10)18-4/h5-9,15H,1-4H3. The van der Waals surface area contributed by atoms with Crippen LogP contribution in [0.25, 0.3) is 11.3 Å². The molecule has 0 saturated heterocycles. The van der Waals surface area contributed by atoms with Crippen molar-refractivity contribution >= 4 is 0 Å². The second-order valence-electron chi connectivity index (χ2n) is 4.11. The third-order valence-electron chi connectivity index (χ3n) is 3.00. The molecule has 0 bridgehead atoms. The molecule has 5 nitrogen and oxygen atoms in total. The van der Waals surface area contributed by atoms with Crippen molar-refractivity contribution in [3.63, 3.8) is 0 Å². The molecule has 0 radical (unpaired) electrons. The number of rotatable bonds is 5. The highest BCUT2D eigenvalue weighted by Gasteiger charge is 2.17. The first-order valence-corrected chi connectivity index (χ1v) is 6.05. The van der Waals surface area contributed by atoms with E-state index >= 15 is 0 Å². The van der Waals surface area contributed by atoms with Crippen molar-refractivity contribution in [3.8, 4) is 22.8 Å². The Morgan fingerprint density at radius 3 is 2.68 bits per heavy atom. The molecular formula is C14H18N2O3. The van der Waals surface area contributed by atoms with E-state index in [1.807, 2.05) is 32.2 Å². The number of oxazole rings is 1. The normalized spacial score (nSPS) is 12.2. The van der Waals surface area contributed by atoms with Gasteiger partial charge in [0.1, 0.15) is 0 Å². The zero-order valence-electron chi connectivity index (χ0n) is 11.6. The molecule has 0 aliphatic carbocycles. The SMILES string of the molecule is CNC(C)c1ncc(-c2cccc(OC)c2OC)o1. The molecular weight excluding hydrogens is 244 g/mol. The molecule has 102 valence electrons. The Morgan fingerprint density at radius 1 is 1.26 bits per heavy atom. The van der Waals surface area contributed by atoms with Gasteiger partial charge >= 0.3 is 0 Å². The molecule has 0 amide bonds. The molecule has 1 heterocycles. The van der Waals surface area contributed by atoms with Gasteiger partial charge in [-0.3, -0.25) is 0 Å². The molecule has 1 aromatic carbocycles. The fourth-order valence-electron chi connectivity index (χ4n) is 1.82. The summed E-state index contributed by atoms with van der Waals surface area (Å²) in [5.41, 5.74) is 0.823. The van der Waals surface area contributed by atoms with Gasteiger partial charge in [0, 0.05) is 0 Å². The van der Waals surface area contributed by atoms with Crippen LogP contribution >= 0.6 is 0 Å². The van der Waals surface area contributed by atoms with Crippen LogP contribution in [0, 0.1) is 0 Å². The minimum atomic E-state index is 0.0605. The summed E-state index contributed by atoms with van der Waals surface area (Å²) in [6.07, 6.45) is 1.69. The molecule has 1 aromatic heterocycles. The summed E-state index contributed by atoms with van der Waals surface area (Å²) >= 11 is 0. The second-order valence-corrected chi connectivity index (χ2v) is 4.11. The molecule has 2 rings (SSSR count). The number of methoxy groups -OCH3 is 2. The quantitative estimate of drug-likeness (QED) is 0.897. The van der Waals surface area contributed by atoms with E-state index in [4.69, 9.17) is 13.9 Å². The fourth-order valence-corrected chi connectivity index (χ4v) is 1.82. The van der Waals surface area contributed by atoms with E-state index < -0.39 is 0 Å². The van der Waals surface area contributed by atoms with Crippen LogP contribution in [0.4, 0.5) is 0 Å². The number of ether oxygens (including phenoxy) is 2. The summed E-state index contributed by atoms with van der Waals surface area (Å²) in [5.74, 6) is 2.61. The van der Waals surface area contributed by atoms with Crippen molar-refractivity contribution in [2.45, 2.75) is 13.0 Å². The number of benzene rings is 1. The summed E-state index contributed by atoms with van der Waals surface area (Å²) < 4.78 is 16.4. The van der Waals surface area contributed by atoms with Crippen LogP contribution < -0.4 is 14.8 Å². The minimum absolute atomic E-state index is 0.0605. The monoisotopic (exact) mass is 262 g/mol. The Morgan fingerprint density at radius 2 is 2.05 bits per heavy atom. The Balaban J connectivity index is 2.44. The van der Waals surface area contributed by atoms with Crippen LogP contribution in [0.15, 0.2) is 28.8 Å². The largest absolute Gasteiger partial charge is 0.493 e. The van der Waals surface area contributed by atoms with E-state index in [0.717, 1.165) is 5.56 Å². The highest BCUT2D eigenvalue weighted by Crippen LogP contribution is 2.38. The van der Waals surface area contributed by atoms with Gasteiger partial charge in [-0.05, 0) is 26.1 Å². The highest BCUT2D eigenvalue weighted by molar-refractivity contribution is 5.69. The van der Waals surface area contributed by atoms with E-state index in [2.05, 4.69) is 10.3 Å². The van der Waals surface area contributed by atoms with E-state index in [1.165, 1.54) is 0 Å². The molecule has 0 saturated carbocycles. The third kappa shape index (κ3) is 2.56. The highest BCUT2D eigenvalue weighted by atomic mass is 16.5. The number of nitrogens with one attached hydrogen (secondary N) is 1. The van der Waals surface area contributed by atoms with Gasteiger partial charge in [-0.15, -0.1) is 0 Å². The molecule has 2 aromatic rings. The first-order valence-electron chi connectivity index (χ1n) is 6.05. The number of para-hydroxylation sites is 1. The predicted octanol–water partition coefficient (Wildman–Crippen LogP) is 2.64. The maximum absolute atomic E-state index is 5.76. The van der Waals surface area contributed by atoms with Crippen LogP contribution in [0.2, 0.25) is 0 Å². The first-order chi connectivity index (χ1) is 9.21. The lowest BCUT2D eigenvalue weighted by Crippen LogP contribution is -2.12. The summed E-state index contributed by atoms with van der Waals surface area (Å²) in [6, 6.07) is 5.71. The molecule has 1 N–H and O–H groups in total. The first kappa shape index (κ1) is 13.4. The Bertz CT molecular complexity index is 551. The second kappa shape index (κ2) is 5.75. The summed E-state index contributed by atoms with van der Waals surface area (Å²) in [4.78, 5) is 4.27. The minimum Gasteiger partial charge on any atom is -0.493 e. The molecule has 19 heavy (non-hydrogen) atoms. The maximum Gasteiger partial charge on any atom is 0.211 e. The average molecular weight is 262 g/mol. The maximum atomic E-state index is 5.76. The van der Waals surface area contributed by atoms with E-state index in [-0.39, 0.29) is 6.04 Å². The third-order valence-corrected chi connectivity index (χ3v) is 3.00. The summed E-state index contributed by atoms with van der Waals surface area (Å²) in [6.45, 7) is 1.98. The van der Waals surface area contributed by atoms with Crippen LogP contribution in [-0.2, 0) is 0 Å². The summed E-state index contributed by atoms with van der Waals surface area (Å²) in [5, 5.41) is 3.08. The molecule has 0 aliphatic rings. The fraction of sp³-hybridized carbons (Fsp3) is 0.357. The van der Waals surface area contributed by atoms with Crippen LogP contribution in [0.1, 0.15) is 18.9 Å². The Kier molecular flexibility index (Phi) is 4.06. The Labute approximate surface area is 112 Å². The van der Waals surface area contributed by atoms with Crippen molar-refractivity contribution in [1.29, 1.82) is 0 Å². The van der Waals surface area contributed by atoms with E-state index in [0.29, 0.717) is 23.1 Å². The topological polar surface area (TPSA) is 56.5 Å².